The summed E-state index contributed by atoms with van der Waals surface area (Å²) in [5.41, 5.74) is 6.09. The minimum atomic E-state index is -3.75. The first-order valence-electron chi connectivity index (χ1n) is 19.4. The Morgan fingerprint density at radius 2 is 1.56 bits per heavy atom. The van der Waals surface area contributed by atoms with Crippen LogP contribution in [0.1, 0.15) is 65.1 Å². The Bertz CT molecular complexity index is 2340. The first kappa shape index (κ1) is 43.6. The molecule has 6 rings (SSSR count). The zero-order valence-electron chi connectivity index (χ0n) is 33.9. The number of methoxy groups -OCH3 is 1. The lowest BCUT2D eigenvalue weighted by atomic mass is 10.00. The van der Waals surface area contributed by atoms with Gasteiger partial charge in [0.25, 0.3) is 0 Å². The van der Waals surface area contributed by atoms with Gasteiger partial charge in [-0.05, 0) is 88.1 Å². The third kappa shape index (κ3) is 11.0. The molecule has 314 valence electrons. The lowest BCUT2D eigenvalue weighted by Gasteiger charge is -2.14. The predicted octanol–water partition coefficient (Wildman–Crippen LogP) is 6.02. The highest BCUT2D eigenvalue weighted by atomic mass is 35.5. The molecule has 15 nitrogen and oxygen atoms in total. The number of ether oxygens (including phenoxy) is 4. The molecular formula is C42H50ClN7O8S. The molecule has 0 saturated carbocycles. The fourth-order valence-electron chi connectivity index (χ4n) is 6.78. The van der Waals surface area contributed by atoms with Gasteiger partial charge in [-0.2, -0.15) is 0 Å². The molecule has 1 atom stereocenters. The summed E-state index contributed by atoms with van der Waals surface area (Å²) in [4.78, 5) is 18.5. The van der Waals surface area contributed by atoms with Crippen molar-refractivity contribution in [2.24, 2.45) is 4.99 Å². The van der Waals surface area contributed by atoms with Crippen LogP contribution in [0.4, 0.5) is 0 Å². The number of amides is 1. The van der Waals surface area contributed by atoms with E-state index in [2.05, 4.69) is 25.4 Å². The number of rotatable bonds is 21. The monoisotopic (exact) mass is 847 g/mol. The van der Waals surface area contributed by atoms with Crippen molar-refractivity contribution in [2.75, 3.05) is 59.8 Å². The van der Waals surface area contributed by atoms with Gasteiger partial charge >= 0.3 is 0 Å². The average Bonchev–Trinajstić information content (AvgIpc) is 3.73. The van der Waals surface area contributed by atoms with E-state index < -0.39 is 16.1 Å². The van der Waals surface area contributed by atoms with Crippen LogP contribution in [0.3, 0.4) is 0 Å². The second-order valence-corrected chi connectivity index (χ2v) is 16.2. The molecule has 1 aliphatic heterocycles. The van der Waals surface area contributed by atoms with Crippen LogP contribution in [-0.2, 0) is 29.0 Å². The van der Waals surface area contributed by atoms with Crippen molar-refractivity contribution < 1.29 is 36.7 Å². The number of aryl methyl sites for hydroxylation is 4. The van der Waals surface area contributed by atoms with Crippen LogP contribution in [0.25, 0.3) is 16.8 Å². The summed E-state index contributed by atoms with van der Waals surface area (Å²) in [7, 11) is -2.13. The molecule has 1 aliphatic rings. The van der Waals surface area contributed by atoms with E-state index in [1.54, 1.807) is 33.1 Å². The molecule has 0 aliphatic carbocycles. The van der Waals surface area contributed by atoms with Crippen LogP contribution in [0.2, 0.25) is 5.02 Å². The maximum Gasteiger partial charge on any atom is 0.240 e. The Balaban J connectivity index is 0.860. The topological polar surface area (TPSA) is 181 Å². The molecule has 59 heavy (non-hydrogen) atoms. The number of carbonyl (C=O) groups excluding carboxylic acids is 1. The van der Waals surface area contributed by atoms with Crippen molar-refractivity contribution >= 4 is 33.2 Å². The summed E-state index contributed by atoms with van der Waals surface area (Å²) in [5, 5.41) is 16.3. The van der Waals surface area contributed by atoms with E-state index in [0.29, 0.717) is 97.6 Å². The molecule has 2 N–H and O–H groups in total. The van der Waals surface area contributed by atoms with Crippen molar-refractivity contribution in [2.45, 2.75) is 57.9 Å². The number of benzene rings is 3. The van der Waals surface area contributed by atoms with E-state index >= 15 is 0 Å². The first-order valence-corrected chi connectivity index (χ1v) is 21.3. The smallest absolute Gasteiger partial charge is 0.240 e. The number of aromatic nitrogens is 4. The van der Waals surface area contributed by atoms with Crippen LogP contribution in [0, 0.1) is 27.7 Å². The normalized spacial score (nSPS) is 13.7. The van der Waals surface area contributed by atoms with Crippen LogP contribution >= 0.6 is 11.6 Å². The van der Waals surface area contributed by atoms with Gasteiger partial charge in [0, 0.05) is 54.6 Å². The first-order chi connectivity index (χ1) is 28.5. The zero-order valence-corrected chi connectivity index (χ0v) is 35.5. The maximum atomic E-state index is 13.2. The lowest BCUT2D eigenvalue weighted by Crippen LogP contribution is -2.28. The van der Waals surface area contributed by atoms with Crippen molar-refractivity contribution in [1.29, 1.82) is 0 Å². The molecule has 3 heterocycles. The number of hydrogen-bond donors (Lipinski definition) is 2. The van der Waals surface area contributed by atoms with Gasteiger partial charge in [-0.3, -0.25) is 14.4 Å². The molecule has 5 aromatic rings. The largest absolute Gasteiger partial charge is 0.497 e. The number of halogens is 1. The minimum Gasteiger partial charge on any atom is -0.497 e. The molecule has 0 spiro atoms. The third-order valence-electron chi connectivity index (χ3n) is 9.70. The summed E-state index contributed by atoms with van der Waals surface area (Å²) in [6.07, 6.45) is 1.35. The molecule has 0 fully saturated rings. The van der Waals surface area contributed by atoms with E-state index in [1.807, 2.05) is 66.9 Å². The van der Waals surface area contributed by atoms with Crippen LogP contribution in [0.5, 0.6) is 5.75 Å². The van der Waals surface area contributed by atoms with Crippen molar-refractivity contribution in [1.82, 2.24) is 30.0 Å². The van der Waals surface area contributed by atoms with Gasteiger partial charge in [-0.1, -0.05) is 41.0 Å². The lowest BCUT2D eigenvalue weighted by molar-refractivity contribution is -0.121. The van der Waals surface area contributed by atoms with Crippen LogP contribution < -0.4 is 14.8 Å². The maximum absolute atomic E-state index is 13.2. The molecule has 17 heteroatoms. The van der Waals surface area contributed by atoms with E-state index in [1.165, 1.54) is 0 Å². The fourth-order valence-corrected chi connectivity index (χ4v) is 8.19. The minimum absolute atomic E-state index is 0.0770. The van der Waals surface area contributed by atoms with E-state index in [9.17, 15) is 13.2 Å². The van der Waals surface area contributed by atoms with Gasteiger partial charge in [0.15, 0.2) is 5.82 Å². The summed E-state index contributed by atoms with van der Waals surface area (Å²) in [5.74, 6) is 2.40. The van der Waals surface area contributed by atoms with Crippen molar-refractivity contribution in [3.05, 3.63) is 105 Å². The number of sulfonamides is 1. The average molecular weight is 848 g/mol. The highest BCUT2D eigenvalue weighted by molar-refractivity contribution is 7.89. The molecule has 0 radical (unpaired) electrons. The summed E-state index contributed by atoms with van der Waals surface area (Å²) >= 11 is 6.21. The quantitative estimate of drug-likeness (QED) is 0.0824. The van der Waals surface area contributed by atoms with Crippen LogP contribution in [-0.4, -0.2) is 99.8 Å². The Morgan fingerprint density at radius 1 is 0.847 bits per heavy atom. The fraction of sp³-hybridized carbons (Fsp3) is 0.405. The molecular weight excluding hydrogens is 798 g/mol. The highest BCUT2D eigenvalue weighted by Gasteiger charge is 2.30. The van der Waals surface area contributed by atoms with E-state index in [0.717, 1.165) is 27.9 Å². The Morgan fingerprint density at radius 3 is 2.27 bits per heavy atom. The molecule has 1 unspecified atom stereocenters. The Kier molecular flexibility index (Phi) is 15.0. The number of carbonyl (C=O) groups is 1. The molecule has 1 amide bonds. The van der Waals surface area contributed by atoms with Gasteiger partial charge in [0.2, 0.25) is 15.9 Å². The SMILES string of the molecule is COc1ccc2c(c1)C(c1ccc(Cl)cc1)=NC(CC(=O)NCCCOCCOCCCOCCNS(=O)(=O)c1cc(-c3c(C)noc3C)ccc1C)c1nnc(C)n1-2. The van der Waals surface area contributed by atoms with Crippen molar-refractivity contribution in [3.63, 3.8) is 0 Å². The van der Waals surface area contributed by atoms with Gasteiger partial charge in [-0.15, -0.1) is 10.2 Å². The van der Waals surface area contributed by atoms with Gasteiger partial charge < -0.3 is 28.8 Å². The molecule has 3 aromatic carbocycles. The molecule has 0 saturated heterocycles. The Labute approximate surface area is 349 Å². The third-order valence-corrected chi connectivity index (χ3v) is 11.6. The van der Waals surface area contributed by atoms with Gasteiger partial charge in [0.05, 0.1) is 55.3 Å². The number of hydrogen-bond acceptors (Lipinski definition) is 12. The number of aliphatic imine (C=N–C) groups is 1. The Hall–Kier alpha value is -4.97. The summed E-state index contributed by atoms with van der Waals surface area (Å²) < 4.78 is 58.4. The second kappa shape index (κ2) is 20.3. The summed E-state index contributed by atoms with van der Waals surface area (Å²) in [6, 6.07) is 17.9. The van der Waals surface area contributed by atoms with E-state index in [4.69, 9.17) is 40.1 Å². The van der Waals surface area contributed by atoms with Gasteiger partial charge in [0.1, 0.15) is 23.4 Å². The predicted molar refractivity (Wildman–Crippen MR) is 223 cm³/mol. The standard InChI is InChI=1S/C42H50ClN7O8S/c1-27-8-9-32(40-28(2)49-58-29(40)3)24-38(27)59(52,53)45-17-21-55-19-7-20-57-23-22-56-18-6-16-44-39(51)26-36-42-48-47-30(4)50(42)37-15-14-34(54-5)25-35(37)41(46-36)31-10-12-33(43)13-11-31/h8-15,24-25,36,45H,6-7,16-23,26H2,1-5H3,(H,44,51). The van der Waals surface area contributed by atoms with Crippen molar-refractivity contribution in [3.8, 4) is 22.6 Å². The number of nitrogens with one attached hydrogen (secondary N) is 2. The molecule has 0 bridgehead atoms. The number of fused-ring (bicyclic) bond motifs is 3. The van der Waals surface area contributed by atoms with Crippen LogP contribution in [0.15, 0.2) is 75.1 Å². The summed E-state index contributed by atoms with van der Waals surface area (Å²) in [6.45, 7) is 10.3. The van der Waals surface area contributed by atoms with E-state index in [-0.39, 0.29) is 30.4 Å². The highest BCUT2D eigenvalue weighted by Crippen LogP contribution is 2.35. The second-order valence-electron chi connectivity index (χ2n) is 14.0. The molecule has 2 aromatic heterocycles. The zero-order chi connectivity index (χ0) is 41.9. The van der Waals surface area contributed by atoms with Gasteiger partial charge in [-0.25, -0.2) is 13.1 Å². The number of nitrogens with zero attached hydrogens (tertiary/aromatic N) is 5.